The molecule has 0 bridgehead atoms. The quantitative estimate of drug-likeness (QED) is 0.808. The molecule has 1 aromatic heterocycles. The maximum Gasteiger partial charge on any atom is 0.257 e. The van der Waals surface area contributed by atoms with Crippen molar-refractivity contribution < 1.29 is 4.52 Å². The van der Waals surface area contributed by atoms with E-state index in [1.165, 1.54) is 0 Å². The average Bonchev–Trinajstić information content (AvgIpc) is 2.77. The lowest BCUT2D eigenvalue weighted by Gasteiger charge is -2.03. The highest BCUT2D eigenvalue weighted by Crippen LogP contribution is 2.20. The molecule has 0 aliphatic rings. The summed E-state index contributed by atoms with van der Waals surface area (Å²) in [6.07, 6.45) is 0.744. The van der Waals surface area contributed by atoms with Gasteiger partial charge in [-0.2, -0.15) is 4.98 Å². The molecule has 2 aromatic rings. The van der Waals surface area contributed by atoms with E-state index in [2.05, 4.69) is 15.5 Å². The van der Waals surface area contributed by atoms with Crippen LogP contribution in [0.2, 0.25) is 0 Å². The summed E-state index contributed by atoms with van der Waals surface area (Å²) >= 11 is 4.78. The van der Waals surface area contributed by atoms with Crippen LogP contribution in [0.5, 0.6) is 0 Å². The van der Waals surface area contributed by atoms with E-state index in [-0.39, 0.29) is 5.11 Å². The highest BCUT2D eigenvalue weighted by atomic mass is 32.1. The first kappa shape index (κ1) is 11.5. The number of nitrogens with one attached hydrogen (secondary N) is 1. The predicted molar refractivity (Wildman–Crippen MR) is 69.5 cm³/mol. The van der Waals surface area contributed by atoms with Crippen LogP contribution in [0.3, 0.4) is 0 Å². The van der Waals surface area contributed by atoms with Crippen LogP contribution in [0.25, 0.3) is 11.5 Å². The predicted octanol–water partition coefficient (Wildman–Crippen LogP) is 1.95. The number of nitrogens with zero attached hydrogens (tertiary/aromatic N) is 2. The molecule has 0 saturated heterocycles. The Labute approximate surface area is 104 Å². The zero-order chi connectivity index (χ0) is 12.3. The fraction of sp³-hybridized carbons (Fsp3) is 0.182. The third-order valence-corrected chi connectivity index (χ3v) is 2.26. The Balaban J connectivity index is 2.29. The number of hydrogen-bond acceptors (Lipinski definition) is 4. The zero-order valence-electron chi connectivity index (χ0n) is 9.30. The number of hydrogen-bond donors (Lipinski definition) is 2. The van der Waals surface area contributed by atoms with Crippen LogP contribution in [0.15, 0.2) is 28.8 Å². The van der Waals surface area contributed by atoms with Crippen molar-refractivity contribution >= 4 is 23.0 Å². The van der Waals surface area contributed by atoms with Crippen LogP contribution in [0.1, 0.15) is 12.7 Å². The van der Waals surface area contributed by atoms with E-state index in [4.69, 9.17) is 22.5 Å². The largest absolute Gasteiger partial charge is 0.376 e. The molecule has 0 aliphatic heterocycles. The van der Waals surface area contributed by atoms with E-state index in [9.17, 15) is 0 Å². The lowest BCUT2D eigenvalue weighted by atomic mass is 10.2. The van der Waals surface area contributed by atoms with Crippen LogP contribution in [0.4, 0.5) is 5.69 Å². The molecule has 0 amide bonds. The summed E-state index contributed by atoms with van der Waals surface area (Å²) in [6.45, 7) is 1.97. The molecule has 0 saturated carbocycles. The number of nitrogens with two attached hydrogens (primary N) is 1. The van der Waals surface area contributed by atoms with Crippen molar-refractivity contribution in [1.29, 1.82) is 0 Å². The standard InChI is InChI=1S/C11H12N4OS/c1-2-9-14-10(16-15-9)7-4-3-5-8(6-7)13-11(12)17/h3-6H,2H2,1H3,(H3,12,13,17). The molecule has 1 heterocycles. The van der Waals surface area contributed by atoms with Gasteiger partial charge in [0.15, 0.2) is 10.9 Å². The Kier molecular flexibility index (Phi) is 3.34. The summed E-state index contributed by atoms with van der Waals surface area (Å²) in [5.74, 6) is 1.18. The van der Waals surface area contributed by atoms with E-state index >= 15 is 0 Å². The molecule has 5 nitrogen and oxygen atoms in total. The van der Waals surface area contributed by atoms with Gasteiger partial charge in [0, 0.05) is 17.7 Å². The highest BCUT2D eigenvalue weighted by Gasteiger charge is 2.07. The van der Waals surface area contributed by atoms with Gasteiger partial charge in [-0.1, -0.05) is 18.1 Å². The summed E-state index contributed by atoms with van der Waals surface area (Å²) in [5.41, 5.74) is 7.04. The van der Waals surface area contributed by atoms with Gasteiger partial charge in [0.25, 0.3) is 5.89 Å². The molecule has 0 radical (unpaired) electrons. The van der Waals surface area contributed by atoms with Gasteiger partial charge in [-0.05, 0) is 30.4 Å². The zero-order valence-corrected chi connectivity index (χ0v) is 10.1. The lowest BCUT2D eigenvalue weighted by Crippen LogP contribution is -2.18. The Bertz CT molecular complexity index is 538. The summed E-state index contributed by atoms with van der Waals surface area (Å²) in [6, 6.07) is 7.47. The molecule has 1 aromatic carbocycles. The fourth-order valence-corrected chi connectivity index (χ4v) is 1.50. The molecular weight excluding hydrogens is 236 g/mol. The van der Waals surface area contributed by atoms with Gasteiger partial charge in [-0.25, -0.2) is 0 Å². The van der Waals surface area contributed by atoms with Crippen molar-refractivity contribution in [2.45, 2.75) is 13.3 Å². The van der Waals surface area contributed by atoms with Crippen LogP contribution < -0.4 is 11.1 Å². The van der Waals surface area contributed by atoms with E-state index < -0.39 is 0 Å². The molecule has 0 aliphatic carbocycles. The monoisotopic (exact) mass is 248 g/mol. The van der Waals surface area contributed by atoms with E-state index in [1.54, 1.807) is 0 Å². The Morgan fingerprint density at radius 2 is 2.35 bits per heavy atom. The second kappa shape index (κ2) is 4.92. The molecule has 17 heavy (non-hydrogen) atoms. The van der Waals surface area contributed by atoms with Gasteiger partial charge in [-0.3, -0.25) is 0 Å². The van der Waals surface area contributed by atoms with Crippen LogP contribution in [0, 0.1) is 0 Å². The third kappa shape index (κ3) is 2.79. The summed E-state index contributed by atoms with van der Waals surface area (Å²) < 4.78 is 5.15. The first-order chi connectivity index (χ1) is 8.19. The van der Waals surface area contributed by atoms with Crippen molar-refractivity contribution in [3.63, 3.8) is 0 Å². The maximum atomic E-state index is 5.41. The minimum atomic E-state index is 0.224. The van der Waals surface area contributed by atoms with Gasteiger partial charge in [0.2, 0.25) is 0 Å². The summed E-state index contributed by atoms with van der Waals surface area (Å²) in [4.78, 5) is 4.25. The topological polar surface area (TPSA) is 77.0 Å². The van der Waals surface area contributed by atoms with Crippen molar-refractivity contribution in [3.05, 3.63) is 30.1 Å². The van der Waals surface area contributed by atoms with Crippen LogP contribution in [-0.2, 0) is 6.42 Å². The van der Waals surface area contributed by atoms with Crippen molar-refractivity contribution in [3.8, 4) is 11.5 Å². The normalized spacial score (nSPS) is 10.2. The molecule has 0 unspecified atom stereocenters. The number of aromatic nitrogens is 2. The third-order valence-electron chi connectivity index (χ3n) is 2.16. The van der Waals surface area contributed by atoms with Gasteiger partial charge < -0.3 is 15.6 Å². The summed E-state index contributed by atoms with van der Waals surface area (Å²) in [7, 11) is 0. The van der Waals surface area contributed by atoms with Gasteiger partial charge in [0.1, 0.15) is 0 Å². The van der Waals surface area contributed by atoms with Gasteiger partial charge >= 0.3 is 0 Å². The Morgan fingerprint density at radius 3 is 3.00 bits per heavy atom. The van der Waals surface area contributed by atoms with Crippen molar-refractivity contribution in [2.24, 2.45) is 5.73 Å². The smallest absolute Gasteiger partial charge is 0.257 e. The van der Waals surface area contributed by atoms with E-state index in [1.807, 2.05) is 31.2 Å². The molecule has 2 rings (SSSR count). The minimum absolute atomic E-state index is 0.224. The van der Waals surface area contributed by atoms with Crippen LogP contribution >= 0.6 is 12.2 Å². The summed E-state index contributed by atoms with van der Waals surface area (Å²) in [5, 5.41) is 6.92. The molecular formula is C11H12N4OS. The molecule has 3 N–H and O–H groups in total. The number of thiocarbonyl (C=S) groups is 1. The lowest BCUT2D eigenvalue weighted by molar-refractivity contribution is 0.423. The van der Waals surface area contributed by atoms with Crippen LogP contribution in [-0.4, -0.2) is 15.3 Å². The second-order valence-electron chi connectivity index (χ2n) is 3.44. The number of aryl methyl sites for hydroxylation is 1. The first-order valence-corrected chi connectivity index (χ1v) is 5.59. The highest BCUT2D eigenvalue weighted by molar-refractivity contribution is 7.80. The second-order valence-corrected chi connectivity index (χ2v) is 3.88. The molecule has 88 valence electrons. The Morgan fingerprint density at radius 1 is 1.53 bits per heavy atom. The molecule has 0 atom stereocenters. The van der Waals surface area contributed by atoms with E-state index in [0.29, 0.717) is 11.7 Å². The molecule has 6 heteroatoms. The number of rotatable bonds is 3. The minimum Gasteiger partial charge on any atom is -0.376 e. The van der Waals surface area contributed by atoms with Crippen molar-refractivity contribution in [1.82, 2.24) is 10.1 Å². The maximum absolute atomic E-state index is 5.41. The van der Waals surface area contributed by atoms with Gasteiger partial charge in [0.05, 0.1) is 0 Å². The van der Waals surface area contributed by atoms with Crippen molar-refractivity contribution in [2.75, 3.05) is 5.32 Å². The average molecular weight is 248 g/mol. The number of benzene rings is 1. The SMILES string of the molecule is CCc1noc(-c2cccc(NC(N)=S)c2)n1. The Hall–Kier alpha value is -1.95. The number of anilines is 1. The van der Waals surface area contributed by atoms with Gasteiger partial charge in [-0.15, -0.1) is 0 Å². The van der Waals surface area contributed by atoms with E-state index in [0.717, 1.165) is 17.7 Å². The molecule has 0 spiro atoms. The molecule has 0 fully saturated rings. The fourth-order valence-electron chi connectivity index (χ4n) is 1.39. The first-order valence-electron chi connectivity index (χ1n) is 5.18.